The summed E-state index contributed by atoms with van der Waals surface area (Å²) in [6, 6.07) is 18.5. The van der Waals surface area contributed by atoms with Crippen molar-refractivity contribution in [2.45, 2.75) is 0 Å². The lowest BCUT2D eigenvalue weighted by atomic mass is 9.94. The molecule has 0 saturated heterocycles. The van der Waals surface area contributed by atoms with Crippen molar-refractivity contribution in [1.29, 1.82) is 0 Å². The fraction of sp³-hybridized carbons (Fsp3) is 0. The number of benzene rings is 2. The number of H-pyrrole nitrogens is 1. The molecular formula is C22H14ClNO2S. The van der Waals surface area contributed by atoms with Gasteiger partial charge in [-0.15, -0.1) is 11.3 Å². The summed E-state index contributed by atoms with van der Waals surface area (Å²) >= 11 is 7.72. The number of halogens is 1. The molecule has 0 unspecified atom stereocenters. The number of hydrogen-bond acceptors (Lipinski definition) is 3. The maximum Gasteiger partial charge on any atom is 0.260 e. The Bertz CT molecular complexity index is 1210. The van der Waals surface area contributed by atoms with Gasteiger partial charge in [0, 0.05) is 26.4 Å². The maximum absolute atomic E-state index is 12.9. The van der Waals surface area contributed by atoms with Gasteiger partial charge >= 0.3 is 0 Å². The first-order valence-electron chi connectivity index (χ1n) is 8.30. The molecule has 4 aromatic rings. The number of pyridine rings is 1. The zero-order valence-corrected chi connectivity index (χ0v) is 15.7. The third-order valence-corrected chi connectivity index (χ3v) is 5.30. The van der Waals surface area contributed by atoms with Gasteiger partial charge in [0.15, 0.2) is 5.78 Å². The summed E-state index contributed by atoms with van der Waals surface area (Å²) in [7, 11) is 0. The van der Waals surface area contributed by atoms with Gasteiger partial charge in [-0.05, 0) is 47.4 Å². The predicted molar refractivity (Wildman–Crippen MR) is 113 cm³/mol. The smallest absolute Gasteiger partial charge is 0.260 e. The van der Waals surface area contributed by atoms with Crippen molar-refractivity contribution in [2.75, 3.05) is 0 Å². The Hall–Kier alpha value is -2.95. The molecule has 0 saturated carbocycles. The summed E-state index contributed by atoms with van der Waals surface area (Å²) in [5.74, 6) is -0.342. The number of hydrogen-bond donors (Lipinski definition) is 1. The van der Waals surface area contributed by atoms with Gasteiger partial charge in [-0.1, -0.05) is 48.0 Å². The van der Waals surface area contributed by atoms with Gasteiger partial charge in [0.1, 0.15) is 0 Å². The fourth-order valence-electron chi connectivity index (χ4n) is 3.03. The second kappa shape index (κ2) is 7.35. The lowest BCUT2D eigenvalue weighted by molar-refractivity contribution is 0.104. The number of carbonyl (C=O) groups excluding carboxylic acids is 1. The average molecular weight is 392 g/mol. The standard InChI is InChI=1S/C22H14ClNO2S/c23-15-8-10-18-17(13-15)20(14-5-2-1-3-6-14)21(22(26)24-18)19(25)11-9-16-7-4-12-27-16/h1-13H,(H,24,26). The van der Waals surface area contributed by atoms with Crippen LogP contribution in [0, 0.1) is 0 Å². The van der Waals surface area contributed by atoms with Crippen LogP contribution < -0.4 is 5.56 Å². The van der Waals surface area contributed by atoms with Gasteiger partial charge in [0.05, 0.1) is 5.56 Å². The third-order valence-electron chi connectivity index (χ3n) is 4.23. The summed E-state index contributed by atoms with van der Waals surface area (Å²) in [4.78, 5) is 29.5. The van der Waals surface area contributed by atoms with Crippen LogP contribution in [-0.4, -0.2) is 10.8 Å². The number of fused-ring (bicyclic) bond motifs is 1. The zero-order valence-electron chi connectivity index (χ0n) is 14.1. The molecular weight excluding hydrogens is 378 g/mol. The SMILES string of the molecule is O=C(C=Cc1cccs1)c1c(-c2ccccc2)c2cc(Cl)ccc2[nH]c1=O. The van der Waals surface area contributed by atoms with Gasteiger partial charge in [-0.25, -0.2) is 0 Å². The number of thiophene rings is 1. The Morgan fingerprint density at radius 2 is 1.85 bits per heavy atom. The highest BCUT2D eigenvalue weighted by atomic mass is 35.5. The highest BCUT2D eigenvalue weighted by molar-refractivity contribution is 7.10. The summed E-state index contributed by atoms with van der Waals surface area (Å²) in [6.07, 6.45) is 3.17. The molecule has 0 spiro atoms. The van der Waals surface area contributed by atoms with Crippen molar-refractivity contribution in [3.05, 3.63) is 97.9 Å². The highest BCUT2D eigenvalue weighted by Crippen LogP contribution is 2.31. The molecule has 3 nitrogen and oxygen atoms in total. The summed E-state index contributed by atoms with van der Waals surface area (Å²) < 4.78 is 0. The Labute approximate surface area is 164 Å². The molecule has 5 heteroatoms. The Kier molecular flexibility index (Phi) is 4.75. The van der Waals surface area contributed by atoms with Crippen LogP contribution in [0.5, 0.6) is 0 Å². The van der Waals surface area contributed by atoms with Crippen molar-refractivity contribution >= 4 is 45.7 Å². The Morgan fingerprint density at radius 3 is 2.59 bits per heavy atom. The Morgan fingerprint density at radius 1 is 1.04 bits per heavy atom. The van der Waals surface area contributed by atoms with Crippen LogP contribution in [0.15, 0.2) is 76.9 Å². The number of nitrogens with one attached hydrogen (secondary N) is 1. The molecule has 2 heterocycles. The van der Waals surface area contributed by atoms with E-state index in [2.05, 4.69) is 4.98 Å². The van der Waals surface area contributed by atoms with E-state index >= 15 is 0 Å². The molecule has 0 amide bonds. The molecule has 1 N–H and O–H groups in total. The van der Waals surface area contributed by atoms with Crippen molar-refractivity contribution in [2.24, 2.45) is 0 Å². The van der Waals surface area contributed by atoms with E-state index in [0.717, 1.165) is 15.8 Å². The number of rotatable bonds is 4. The van der Waals surface area contributed by atoms with Crippen molar-refractivity contribution in [3.63, 3.8) is 0 Å². The average Bonchev–Trinajstić information content (AvgIpc) is 3.20. The van der Waals surface area contributed by atoms with Crippen molar-refractivity contribution in [3.8, 4) is 11.1 Å². The van der Waals surface area contributed by atoms with E-state index in [0.29, 0.717) is 16.1 Å². The minimum Gasteiger partial charge on any atom is -0.321 e. The molecule has 0 aliphatic rings. The summed E-state index contributed by atoms with van der Waals surface area (Å²) in [6.45, 7) is 0. The van der Waals surface area contributed by atoms with Crippen LogP contribution >= 0.6 is 22.9 Å². The van der Waals surface area contributed by atoms with Crippen LogP contribution in [0.1, 0.15) is 15.2 Å². The van der Waals surface area contributed by atoms with E-state index in [4.69, 9.17) is 11.6 Å². The molecule has 0 radical (unpaired) electrons. The second-order valence-electron chi connectivity index (χ2n) is 5.97. The number of aromatic amines is 1. The first kappa shape index (κ1) is 17.5. The van der Waals surface area contributed by atoms with Gasteiger partial charge in [0.25, 0.3) is 5.56 Å². The topological polar surface area (TPSA) is 49.9 Å². The Balaban J connectivity index is 1.98. The van der Waals surface area contributed by atoms with Crippen LogP contribution in [-0.2, 0) is 0 Å². The number of ketones is 1. The van der Waals surface area contributed by atoms with Gasteiger partial charge in [-0.2, -0.15) is 0 Å². The monoisotopic (exact) mass is 391 g/mol. The van der Waals surface area contributed by atoms with Crippen LogP contribution in [0.4, 0.5) is 0 Å². The summed E-state index contributed by atoms with van der Waals surface area (Å²) in [5, 5.41) is 3.21. The van der Waals surface area contributed by atoms with E-state index < -0.39 is 5.56 Å². The van der Waals surface area contributed by atoms with E-state index in [9.17, 15) is 9.59 Å². The molecule has 2 aromatic carbocycles. The highest BCUT2D eigenvalue weighted by Gasteiger charge is 2.19. The minimum atomic E-state index is -0.412. The number of carbonyl (C=O) groups is 1. The first-order valence-corrected chi connectivity index (χ1v) is 9.56. The summed E-state index contributed by atoms with van der Waals surface area (Å²) in [5.41, 5.74) is 1.73. The molecule has 0 bridgehead atoms. The molecule has 0 fully saturated rings. The van der Waals surface area contributed by atoms with E-state index in [1.807, 2.05) is 47.8 Å². The predicted octanol–water partition coefficient (Wildman–Crippen LogP) is 5.81. The molecule has 0 atom stereocenters. The normalized spacial score (nSPS) is 11.3. The van der Waals surface area contributed by atoms with E-state index in [-0.39, 0.29) is 11.3 Å². The lowest BCUT2D eigenvalue weighted by Crippen LogP contribution is -2.18. The van der Waals surface area contributed by atoms with Gasteiger partial charge < -0.3 is 4.98 Å². The molecule has 2 aromatic heterocycles. The molecule has 27 heavy (non-hydrogen) atoms. The fourth-order valence-corrected chi connectivity index (χ4v) is 3.82. The van der Waals surface area contributed by atoms with E-state index in [1.54, 1.807) is 24.3 Å². The van der Waals surface area contributed by atoms with E-state index in [1.165, 1.54) is 17.4 Å². The largest absolute Gasteiger partial charge is 0.321 e. The van der Waals surface area contributed by atoms with Crippen molar-refractivity contribution < 1.29 is 4.79 Å². The molecule has 132 valence electrons. The number of allylic oxidation sites excluding steroid dienone is 1. The quantitative estimate of drug-likeness (QED) is 0.352. The molecule has 0 aliphatic carbocycles. The van der Waals surface area contributed by atoms with Crippen LogP contribution in [0.3, 0.4) is 0 Å². The maximum atomic E-state index is 12.9. The minimum absolute atomic E-state index is 0.115. The van der Waals surface area contributed by atoms with Crippen molar-refractivity contribution in [1.82, 2.24) is 4.98 Å². The second-order valence-corrected chi connectivity index (χ2v) is 7.39. The van der Waals surface area contributed by atoms with Gasteiger partial charge in [-0.3, -0.25) is 9.59 Å². The molecule has 4 rings (SSSR count). The zero-order chi connectivity index (χ0) is 18.8. The van der Waals surface area contributed by atoms with Crippen LogP contribution in [0.25, 0.3) is 28.1 Å². The van der Waals surface area contributed by atoms with Gasteiger partial charge in [0.2, 0.25) is 0 Å². The first-order chi connectivity index (χ1) is 13.1. The number of aromatic nitrogens is 1. The van der Waals surface area contributed by atoms with Crippen LogP contribution in [0.2, 0.25) is 5.02 Å². The third kappa shape index (κ3) is 3.50. The molecule has 0 aliphatic heterocycles. The lowest BCUT2D eigenvalue weighted by Gasteiger charge is -2.11.